The Bertz CT molecular complexity index is 261. The maximum Gasteiger partial charge on any atom is -0.0128 e. The lowest BCUT2D eigenvalue weighted by Crippen LogP contribution is -2.27. The highest BCUT2D eigenvalue weighted by Gasteiger charge is 2.33. The minimum absolute atomic E-state index is 0.811. The quantitative estimate of drug-likeness (QED) is 0.638. The van der Waals surface area contributed by atoms with Gasteiger partial charge in [0.15, 0.2) is 0 Å². The van der Waals surface area contributed by atoms with E-state index in [0.29, 0.717) is 0 Å². The van der Waals surface area contributed by atoms with Crippen molar-refractivity contribution in [1.29, 1.82) is 0 Å². The van der Waals surface area contributed by atoms with Crippen molar-refractivity contribution in [2.45, 2.75) is 32.6 Å². The van der Waals surface area contributed by atoms with Gasteiger partial charge in [0.25, 0.3) is 0 Å². The van der Waals surface area contributed by atoms with Crippen LogP contribution in [-0.4, -0.2) is 0 Å². The highest BCUT2D eigenvalue weighted by atomic mass is 14.4. The minimum Gasteiger partial charge on any atom is -0.0622 e. The van der Waals surface area contributed by atoms with E-state index < -0.39 is 0 Å². The van der Waals surface area contributed by atoms with Gasteiger partial charge < -0.3 is 0 Å². The molecule has 0 nitrogen and oxygen atoms in total. The Kier molecular flexibility index (Phi) is 2.39. The maximum atomic E-state index is 2.26. The summed E-state index contributed by atoms with van der Waals surface area (Å²) in [6, 6.07) is 10.9. The molecule has 0 heterocycles. The lowest BCUT2D eigenvalue weighted by atomic mass is 9.65. The van der Waals surface area contributed by atoms with Crippen LogP contribution in [0.3, 0.4) is 0 Å². The fraction of sp³-hybridized carbons (Fsp3) is 0.462. The molecule has 0 saturated heterocycles. The Morgan fingerprint density at radius 3 is 2.23 bits per heavy atom. The standard InChI is InChI=1S/C13H17/c1-10(2)12-8-9-13(12)11-6-4-3-5-7-11/h3-7,12-13H,8-9H2,1-2H3/t12-,13-/m1/s1. The Morgan fingerprint density at radius 1 is 1.08 bits per heavy atom. The van der Waals surface area contributed by atoms with Gasteiger partial charge in [-0.2, -0.15) is 0 Å². The summed E-state index contributed by atoms with van der Waals surface area (Å²) in [6.45, 7) is 4.53. The zero-order chi connectivity index (χ0) is 9.26. The average molecular weight is 173 g/mol. The molecule has 2 rings (SSSR count). The van der Waals surface area contributed by atoms with Crippen LogP contribution >= 0.6 is 0 Å². The lowest BCUT2D eigenvalue weighted by molar-refractivity contribution is 0.270. The molecule has 1 aromatic rings. The predicted molar refractivity (Wildman–Crippen MR) is 56.5 cm³/mol. The summed E-state index contributed by atoms with van der Waals surface area (Å²) >= 11 is 0. The van der Waals surface area contributed by atoms with Gasteiger partial charge in [0.05, 0.1) is 0 Å². The second-order valence-electron chi connectivity index (χ2n) is 4.28. The minimum atomic E-state index is 0.811. The third-order valence-electron chi connectivity index (χ3n) is 3.24. The smallest absolute Gasteiger partial charge is 0.0128 e. The van der Waals surface area contributed by atoms with Crippen molar-refractivity contribution in [2.24, 2.45) is 5.92 Å². The van der Waals surface area contributed by atoms with Crippen molar-refractivity contribution in [2.75, 3.05) is 0 Å². The summed E-state index contributed by atoms with van der Waals surface area (Å²) < 4.78 is 0. The molecule has 0 spiro atoms. The topological polar surface area (TPSA) is 0 Å². The fourth-order valence-corrected chi connectivity index (χ4v) is 2.29. The number of hydrogen-bond acceptors (Lipinski definition) is 0. The maximum absolute atomic E-state index is 2.26. The largest absolute Gasteiger partial charge is 0.0622 e. The van der Waals surface area contributed by atoms with Gasteiger partial charge in [0.1, 0.15) is 0 Å². The molecule has 0 amide bonds. The molecule has 0 bridgehead atoms. The zero-order valence-corrected chi connectivity index (χ0v) is 8.46. The molecule has 13 heavy (non-hydrogen) atoms. The predicted octanol–water partition coefficient (Wildman–Crippen LogP) is 3.79. The van der Waals surface area contributed by atoms with Crippen LogP contribution < -0.4 is 0 Å². The van der Waals surface area contributed by atoms with Crippen LogP contribution in [-0.2, 0) is 0 Å². The first-order valence-electron chi connectivity index (χ1n) is 5.14. The molecular weight excluding hydrogens is 156 g/mol. The van der Waals surface area contributed by atoms with Crippen LogP contribution in [0.4, 0.5) is 0 Å². The summed E-state index contributed by atoms with van der Waals surface area (Å²) in [7, 11) is 0. The molecular formula is C13H17. The van der Waals surface area contributed by atoms with E-state index in [1.807, 2.05) is 0 Å². The summed E-state index contributed by atoms with van der Waals surface area (Å²) in [5, 5.41) is 0. The summed E-state index contributed by atoms with van der Waals surface area (Å²) in [4.78, 5) is 0. The molecule has 0 aromatic heterocycles. The third kappa shape index (κ3) is 1.63. The SMILES string of the molecule is C[C](C)[C@H]1CC[C@@H]1c1ccccc1. The first-order chi connectivity index (χ1) is 6.29. The van der Waals surface area contributed by atoms with E-state index in [9.17, 15) is 0 Å². The van der Waals surface area contributed by atoms with Gasteiger partial charge in [-0.3, -0.25) is 0 Å². The van der Waals surface area contributed by atoms with E-state index in [1.165, 1.54) is 18.4 Å². The molecule has 1 aliphatic rings. The third-order valence-corrected chi connectivity index (χ3v) is 3.24. The molecule has 69 valence electrons. The Balaban J connectivity index is 2.11. The fourth-order valence-electron chi connectivity index (χ4n) is 2.29. The van der Waals surface area contributed by atoms with Crippen LogP contribution in [0, 0.1) is 11.8 Å². The molecule has 2 atom stereocenters. The molecule has 0 aliphatic heterocycles. The van der Waals surface area contributed by atoms with Gasteiger partial charge in [-0.25, -0.2) is 0 Å². The van der Waals surface area contributed by atoms with E-state index in [4.69, 9.17) is 0 Å². The first kappa shape index (κ1) is 8.80. The highest BCUT2D eigenvalue weighted by Crippen LogP contribution is 2.46. The van der Waals surface area contributed by atoms with E-state index in [-0.39, 0.29) is 0 Å². The van der Waals surface area contributed by atoms with Crippen molar-refractivity contribution in [1.82, 2.24) is 0 Å². The monoisotopic (exact) mass is 173 g/mol. The van der Waals surface area contributed by atoms with Crippen molar-refractivity contribution in [3.63, 3.8) is 0 Å². The summed E-state index contributed by atoms with van der Waals surface area (Å²) in [5.74, 6) is 3.26. The van der Waals surface area contributed by atoms with Crippen LogP contribution in [0.15, 0.2) is 30.3 Å². The molecule has 1 aliphatic carbocycles. The van der Waals surface area contributed by atoms with Crippen LogP contribution in [0.5, 0.6) is 0 Å². The van der Waals surface area contributed by atoms with Crippen molar-refractivity contribution >= 4 is 0 Å². The molecule has 1 saturated carbocycles. The van der Waals surface area contributed by atoms with Crippen molar-refractivity contribution < 1.29 is 0 Å². The normalized spacial score (nSPS) is 27.3. The van der Waals surface area contributed by atoms with E-state index in [0.717, 1.165) is 11.8 Å². The zero-order valence-electron chi connectivity index (χ0n) is 8.46. The van der Waals surface area contributed by atoms with Crippen molar-refractivity contribution in [3.05, 3.63) is 41.8 Å². The highest BCUT2D eigenvalue weighted by molar-refractivity contribution is 5.24. The van der Waals surface area contributed by atoms with E-state index in [2.05, 4.69) is 44.2 Å². The van der Waals surface area contributed by atoms with Gasteiger partial charge in [-0.1, -0.05) is 44.2 Å². The van der Waals surface area contributed by atoms with Gasteiger partial charge in [-0.15, -0.1) is 0 Å². The van der Waals surface area contributed by atoms with E-state index in [1.54, 1.807) is 5.92 Å². The second-order valence-corrected chi connectivity index (χ2v) is 4.28. The van der Waals surface area contributed by atoms with Crippen LogP contribution in [0.1, 0.15) is 38.2 Å². The lowest BCUT2D eigenvalue weighted by Gasteiger charge is -2.39. The van der Waals surface area contributed by atoms with E-state index >= 15 is 0 Å². The molecule has 0 N–H and O–H groups in total. The summed E-state index contributed by atoms with van der Waals surface area (Å²) in [6.07, 6.45) is 2.77. The molecule has 0 unspecified atom stereocenters. The molecule has 1 aromatic carbocycles. The number of rotatable bonds is 2. The molecule has 1 fully saturated rings. The Morgan fingerprint density at radius 2 is 1.77 bits per heavy atom. The Labute approximate surface area is 81.0 Å². The molecule has 1 radical (unpaired) electrons. The van der Waals surface area contributed by atoms with Gasteiger partial charge in [0.2, 0.25) is 0 Å². The van der Waals surface area contributed by atoms with Crippen molar-refractivity contribution in [3.8, 4) is 0 Å². The van der Waals surface area contributed by atoms with Gasteiger partial charge >= 0.3 is 0 Å². The number of hydrogen-bond donors (Lipinski definition) is 0. The first-order valence-corrected chi connectivity index (χ1v) is 5.14. The average Bonchev–Trinajstić information content (AvgIpc) is 2.02. The van der Waals surface area contributed by atoms with Gasteiger partial charge in [0, 0.05) is 0 Å². The van der Waals surface area contributed by atoms with Gasteiger partial charge in [-0.05, 0) is 36.2 Å². The number of benzene rings is 1. The second kappa shape index (κ2) is 3.53. The van der Waals surface area contributed by atoms with Crippen LogP contribution in [0.25, 0.3) is 0 Å². The molecule has 0 heteroatoms. The van der Waals surface area contributed by atoms with Crippen LogP contribution in [0.2, 0.25) is 0 Å². The summed E-state index contributed by atoms with van der Waals surface area (Å²) in [5.41, 5.74) is 1.53. The Hall–Kier alpha value is -0.780.